The Balaban J connectivity index is 1.41. The Morgan fingerprint density at radius 2 is 1.30 bits per heavy atom. The topological polar surface area (TPSA) is 61.2 Å². The minimum absolute atomic E-state index is 0.114. The molecule has 4 nitrogen and oxygen atoms in total. The average molecular weight is 451 g/mol. The molecule has 0 spiro atoms. The third-order valence-corrected chi connectivity index (χ3v) is 9.44. The smallest absolute Gasteiger partial charge is 0.239 e. The van der Waals surface area contributed by atoms with Gasteiger partial charge in [-0.3, -0.25) is 9.59 Å². The number of amides is 2. The molecule has 4 aliphatic carbocycles. The third kappa shape index (κ3) is 2.40. The van der Waals surface area contributed by atoms with E-state index in [2.05, 4.69) is 30.3 Å². The SMILES string of the molecule is N#Cc1c(N2C(=O)[C@@H]3C4c5ccccc5C(c5ccccc54)[C@@H]3C2=O)sc2c1CCCCC2. The largest absolute Gasteiger partial charge is 0.274 e. The number of benzene rings is 2. The quantitative estimate of drug-likeness (QED) is 0.374. The highest BCUT2D eigenvalue weighted by Gasteiger charge is 2.62. The summed E-state index contributed by atoms with van der Waals surface area (Å²) in [4.78, 5) is 30.6. The molecule has 2 heterocycles. The number of carbonyl (C=O) groups excluding carboxylic acids is 2. The molecule has 2 bridgehead atoms. The third-order valence-electron chi connectivity index (χ3n) is 8.17. The Morgan fingerprint density at radius 3 is 1.82 bits per heavy atom. The fourth-order valence-electron chi connectivity index (χ4n) is 6.88. The minimum Gasteiger partial charge on any atom is -0.274 e. The Morgan fingerprint density at radius 1 is 0.788 bits per heavy atom. The van der Waals surface area contributed by atoms with Gasteiger partial charge >= 0.3 is 0 Å². The second-order valence-corrected chi connectivity index (χ2v) is 10.7. The van der Waals surface area contributed by atoms with Crippen LogP contribution in [0.3, 0.4) is 0 Å². The number of thiophene rings is 1. The first-order valence-electron chi connectivity index (χ1n) is 11.8. The molecule has 8 rings (SSSR count). The Hall–Kier alpha value is -3.23. The van der Waals surface area contributed by atoms with Crippen molar-refractivity contribution in [2.24, 2.45) is 11.8 Å². The van der Waals surface area contributed by atoms with Gasteiger partial charge in [0.1, 0.15) is 11.1 Å². The zero-order valence-electron chi connectivity index (χ0n) is 18.1. The van der Waals surface area contributed by atoms with E-state index >= 15 is 0 Å². The summed E-state index contributed by atoms with van der Waals surface area (Å²) in [5.41, 5.74) is 6.32. The molecular formula is C28H22N2O2S. The van der Waals surface area contributed by atoms with Crippen LogP contribution in [0.25, 0.3) is 0 Å². The number of imide groups is 1. The van der Waals surface area contributed by atoms with Crippen molar-refractivity contribution in [2.75, 3.05) is 4.90 Å². The van der Waals surface area contributed by atoms with E-state index in [-0.39, 0.29) is 23.7 Å². The van der Waals surface area contributed by atoms with Crippen LogP contribution in [0.4, 0.5) is 5.00 Å². The number of rotatable bonds is 1. The Kier molecular flexibility index (Phi) is 4.02. The number of nitrogens with zero attached hydrogens (tertiary/aromatic N) is 2. The number of carbonyl (C=O) groups is 2. The predicted molar refractivity (Wildman–Crippen MR) is 126 cm³/mol. The summed E-state index contributed by atoms with van der Waals surface area (Å²) in [6, 6.07) is 19.0. The summed E-state index contributed by atoms with van der Waals surface area (Å²) in [5, 5.41) is 10.6. The zero-order valence-corrected chi connectivity index (χ0v) is 18.9. The normalized spacial score (nSPS) is 26.8. The number of aryl methyl sites for hydroxylation is 1. The van der Waals surface area contributed by atoms with E-state index in [0.29, 0.717) is 10.6 Å². The van der Waals surface area contributed by atoms with E-state index in [0.717, 1.165) is 37.7 Å². The lowest BCUT2D eigenvalue weighted by Crippen LogP contribution is -2.41. The van der Waals surface area contributed by atoms with E-state index < -0.39 is 11.8 Å². The van der Waals surface area contributed by atoms with E-state index in [4.69, 9.17) is 0 Å². The van der Waals surface area contributed by atoms with Crippen LogP contribution in [-0.4, -0.2) is 11.8 Å². The lowest BCUT2D eigenvalue weighted by atomic mass is 9.55. The number of hydrogen-bond acceptors (Lipinski definition) is 4. The van der Waals surface area contributed by atoms with Gasteiger partial charge in [-0.25, -0.2) is 4.90 Å². The maximum atomic E-state index is 14.0. The first-order chi connectivity index (χ1) is 16.2. The van der Waals surface area contributed by atoms with Crippen LogP contribution in [0.15, 0.2) is 48.5 Å². The molecule has 0 saturated carbocycles. The maximum Gasteiger partial charge on any atom is 0.239 e. The van der Waals surface area contributed by atoms with E-state index in [1.807, 2.05) is 24.3 Å². The molecule has 2 amide bonds. The van der Waals surface area contributed by atoms with Gasteiger partial charge in [0.05, 0.1) is 17.4 Å². The standard InChI is InChI=1S/C28H22N2O2S/c29-14-20-15-8-2-1-3-13-21(15)33-28(20)30-26(31)24-22-16-9-4-5-10-17(16)23(25(24)27(30)32)19-12-7-6-11-18(19)22/h4-7,9-12,22-25H,1-3,8,13H2/t22?,23?,24-,25+. The lowest BCUT2D eigenvalue weighted by molar-refractivity contribution is -0.122. The van der Waals surface area contributed by atoms with Gasteiger partial charge in [-0.15, -0.1) is 11.3 Å². The molecular weight excluding hydrogens is 428 g/mol. The van der Waals surface area contributed by atoms with Crippen molar-refractivity contribution in [3.8, 4) is 6.07 Å². The van der Waals surface area contributed by atoms with Crippen LogP contribution < -0.4 is 4.90 Å². The first kappa shape index (κ1) is 19.3. The van der Waals surface area contributed by atoms with E-state index in [9.17, 15) is 14.9 Å². The van der Waals surface area contributed by atoms with Crippen LogP contribution in [0.1, 0.15) is 69.4 Å². The van der Waals surface area contributed by atoms with E-state index in [1.54, 1.807) is 0 Å². The average Bonchev–Trinajstić information content (AvgIpc) is 3.20. The zero-order chi connectivity index (χ0) is 22.3. The highest BCUT2D eigenvalue weighted by molar-refractivity contribution is 7.17. The molecule has 1 aliphatic heterocycles. The maximum absolute atomic E-state index is 14.0. The van der Waals surface area contributed by atoms with Gasteiger partial charge in [0.2, 0.25) is 11.8 Å². The summed E-state index contributed by atoms with van der Waals surface area (Å²) in [6.07, 6.45) is 5.10. The minimum atomic E-state index is -0.402. The fourth-order valence-corrected chi connectivity index (χ4v) is 8.23. The molecule has 5 heteroatoms. The number of anilines is 1. The Labute approximate surface area is 196 Å². The molecule has 0 unspecified atom stereocenters. The van der Waals surface area contributed by atoms with Crippen LogP contribution in [0, 0.1) is 23.2 Å². The summed E-state index contributed by atoms with van der Waals surface area (Å²) in [6.45, 7) is 0. The second kappa shape index (κ2) is 6.88. The Bertz CT molecular complexity index is 1280. The lowest BCUT2D eigenvalue weighted by Gasteiger charge is -2.45. The van der Waals surface area contributed by atoms with Gasteiger partial charge in [-0.1, -0.05) is 55.0 Å². The van der Waals surface area contributed by atoms with Crippen LogP contribution >= 0.6 is 11.3 Å². The monoisotopic (exact) mass is 450 g/mol. The van der Waals surface area contributed by atoms with Crippen molar-refractivity contribution in [3.05, 3.63) is 86.8 Å². The molecule has 3 aromatic rings. The van der Waals surface area contributed by atoms with Crippen molar-refractivity contribution in [3.63, 3.8) is 0 Å². The van der Waals surface area contributed by atoms with Crippen LogP contribution in [-0.2, 0) is 22.4 Å². The molecule has 0 N–H and O–H groups in total. The molecule has 2 atom stereocenters. The van der Waals surface area contributed by atoms with Crippen molar-refractivity contribution >= 4 is 28.2 Å². The second-order valence-electron chi connectivity index (χ2n) is 9.63. The van der Waals surface area contributed by atoms with Gasteiger partial charge in [-0.05, 0) is 53.5 Å². The summed E-state index contributed by atoms with van der Waals surface area (Å²) in [5.74, 6) is -1.29. The van der Waals surface area contributed by atoms with Crippen molar-refractivity contribution in [2.45, 2.75) is 43.9 Å². The van der Waals surface area contributed by atoms with Crippen molar-refractivity contribution < 1.29 is 9.59 Å². The van der Waals surface area contributed by atoms with Gasteiger partial charge in [0.15, 0.2) is 0 Å². The van der Waals surface area contributed by atoms with Crippen molar-refractivity contribution in [1.29, 1.82) is 5.26 Å². The van der Waals surface area contributed by atoms with Gasteiger partial charge in [0, 0.05) is 16.7 Å². The van der Waals surface area contributed by atoms with Crippen LogP contribution in [0.5, 0.6) is 0 Å². The summed E-state index contributed by atoms with van der Waals surface area (Å²) >= 11 is 1.50. The molecule has 33 heavy (non-hydrogen) atoms. The highest BCUT2D eigenvalue weighted by atomic mass is 32.1. The molecule has 1 saturated heterocycles. The fraction of sp³-hybridized carbons (Fsp3) is 0.321. The molecule has 5 aliphatic rings. The summed E-state index contributed by atoms with van der Waals surface area (Å²) in [7, 11) is 0. The number of hydrogen-bond donors (Lipinski definition) is 0. The molecule has 162 valence electrons. The van der Waals surface area contributed by atoms with Gasteiger partial charge in [-0.2, -0.15) is 5.26 Å². The molecule has 2 aromatic carbocycles. The molecule has 1 fully saturated rings. The van der Waals surface area contributed by atoms with Gasteiger partial charge in [0.25, 0.3) is 0 Å². The molecule has 1 aromatic heterocycles. The number of nitriles is 1. The first-order valence-corrected chi connectivity index (χ1v) is 12.6. The summed E-state index contributed by atoms with van der Waals surface area (Å²) < 4.78 is 0. The van der Waals surface area contributed by atoms with E-state index in [1.165, 1.54) is 43.4 Å². The molecule has 0 radical (unpaired) electrons. The number of fused-ring (bicyclic) bond motifs is 1. The van der Waals surface area contributed by atoms with Crippen molar-refractivity contribution in [1.82, 2.24) is 0 Å². The predicted octanol–water partition coefficient (Wildman–Crippen LogP) is 5.29. The highest BCUT2D eigenvalue weighted by Crippen LogP contribution is 2.61. The van der Waals surface area contributed by atoms with Crippen LogP contribution in [0.2, 0.25) is 0 Å². The van der Waals surface area contributed by atoms with Gasteiger partial charge < -0.3 is 0 Å².